The van der Waals surface area contributed by atoms with Crippen molar-refractivity contribution >= 4 is 56.4 Å². The average molecular weight is 497 g/mol. The van der Waals surface area contributed by atoms with Crippen molar-refractivity contribution in [2.24, 2.45) is 0 Å². The topological polar surface area (TPSA) is 125 Å². The monoisotopic (exact) mass is 496 g/mol. The van der Waals surface area contributed by atoms with Gasteiger partial charge >= 0.3 is 0 Å². The number of nitrogens with zero attached hydrogens (tertiary/aromatic N) is 2. The second-order valence-electron chi connectivity index (χ2n) is 6.73. The van der Waals surface area contributed by atoms with Crippen molar-refractivity contribution in [3.8, 4) is 0 Å². The molecule has 0 bridgehead atoms. The highest BCUT2D eigenvalue weighted by Crippen LogP contribution is 2.31. The van der Waals surface area contributed by atoms with Crippen LogP contribution < -0.4 is 20.7 Å². The lowest BCUT2D eigenvalue weighted by Gasteiger charge is -2.15. The van der Waals surface area contributed by atoms with Gasteiger partial charge in [0.15, 0.2) is 5.82 Å². The fourth-order valence-electron chi connectivity index (χ4n) is 2.70. The standard InChI is InChI=1S/C20H19ClF2N6O3S/c1-3-24-19(30)11-7-8-15(14(23)9-11)27-20-25-10-12(21)18(28-20)26-16-6-4-5-13(22)17(16)29-33(2,31)32/h4-10,29H,3H2,1-2H3,(H,24,30)(H2,25,26,27,28). The minimum absolute atomic E-state index is 0.00140. The fourth-order valence-corrected chi connectivity index (χ4v) is 3.42. The smallest absolute Gasteiger partial charge is 0.251 e. The lowest BCUT2D eigenvalue weighted by atomic mass is 10.2. The zero-order valence-electron chi connectivity index (χ0n) is 17.4. The van der Waals surface area contributed by atoms with E-state index in [4.69, 9.17) is 11.6 Å². The summed E-state index contributed by atoms with van der Waals surface area (Å²) in [7, 11) is -3.77. The predicted molar refractivity (Wildman–Crippen MR) is 123 cm³/mol. The molecule has 0 aliphatic heterocycles. The first-order chi connectivity index (χ1) is 15.6. The lowest BCUT2D eigenvalue weighted by molar-refractivity contribution is 0.0955. The second kappa shape index (κ2) is 9.96. The van der Waals surface area contributed by atoms with Crippen LogP contribution in [-0.4, -0.2) is 37.1 Å². The molecule has 0 aliphatic rings. The highest BCUT2D eigenvalue weighted by atomic mass is 35.5. The summed E-state index contributed by atoms with van der Waals surface area (Å²) < 4.78 is 54.0. The molecule has 174 valence electrons. The van der Waals surface area contributed by atoms with Gasteiger partial charge in [-0.1, -0.05) is 17.7 Å². The summed E-state index contributed by atoms with van der Waals surface area (Å²) >= 11 is 6.12. The van der Waals surface area contributed by atoms with Gasteiger partial charge in [0.2, 0.25) is 16.0 Å². The van der Waals surface area contributed by atoms with Gasteiger partial charge in [-0.3, -0.25) is 9.52 Å². The number of amides is 1. The lowest BCUT2D eigenvalue weighted by Crippen LogP contribution is -2.22. The molecular formula is C20H19ClF2N6O3S. The molecule has 0 atom stereocenters. The first-order valence-corrected chi connectivity index (χ1v) is 11.7. The molecule has 0 radical (unpaired) electrons. The van der Waals surface area contributed by atoms with Gasteiger partial charge in [-0.2, -0.15) is 4.98 Å². The fraction of sp³-hybridized carbons (Fsp3) is 0.150. The van der Waals surface area contributed by atoms with E-state index in [0.717, 1.165) is 18.4 Å². The first-order valence-electron chi connectivity index (χ1n) is 9.48. The Hall–Kier alpha value is -3.51. The summed E-state index contributed by atoms with van der Waals surface area (Å²) in [5.74, 6) is -1.98. The SMILES string of the molecule is CCNC(=O)c1ccc(Nc2ncc(Cl)c(Nc3cccc(F)c3NS(C)(=O)=O)n2)c(F)c1. The Kier molecular flexibility index (Phi) is 7.29. The Morgan fingerprint density at radius 3 is 2.52 bits per heavy atom. The zero-order valence-corrected chi connectivity index (χ0v) is 19.0. The van der Waals surface area contributed by atoms with Crippen LogP contribution in [0.15, 0.2) is 42.6 Å². The molecule has 3 rings (SSSR count). The van der Waals surface area contributed by atoms with Crippen LogP contribution in [0.1, 0.15) is 17.3 Å². The van der Waals surface area contributed by atoms with Crippen molar-refractivity contribution < 1.29 is 22.0 Å². The van der Waals surface area contributed by atoms with E-state index < -0.39 is 27.6 Å². The van der Waals surface area contributed by atoms with Crippen LogP contribution in [0.3, 0.4) is 0 Å². The Morgan fingerprint density at radius 1 is 1.09 bits per heavy atom. The van der Waals surface area contributed by atoms with Crippen molar-refractivity contribution in [3.63, 3.8) is 0 Å². The molecule has 0 saturated carbocycles. The summed E-state index contributed by atoms with van der Waals surface area (Å²) in [6, 6.07) is 7.72. The van der Waals surface area contributed by atoms with Gasteiger partial charge < -0.3 is 16.0 Å². The molecule has 9 nitrogen and oxygen atoms in total. The van der Waals surface area contributed by atoms with Gasteiger partial charge in [0.25, 0.3) is 5.91 Å². The summed E-state index contributed by atoms with van der Waals surface area (Å²) in [5, 5.41) is 8.04. The number of hydrogen-bond donors (Lipinski definition) is 4. The Labute approximate surface area is 193 Å². The normalized spacial score (nSPS) is 11.1. The third-order valence-corrected chi connectivity index (χ3v) is 4.96. The molecule has 1 heterocycles. The molecule has 2 aromatic carbocycles. The maximum atomic E-state index is 14.5. The number of rotatable bonds is 8. The number of benzene rings is 2. The number of nitrogens with one attached hydrogen (secondary N) is 4. The number of sulfonamides is 1. The number of anilines is 5. The molecule has 0 aliphatic carbocycles. The van der Waals surface area contributed by atoms with Crippen molar-refractivity contribution in [1.82, 2.24) is 15.3 Å². The van der Waals surface area contributed by atoms with E-state index in [0.29, 0.717) is 6.54 Å². The molecule has 1 amide bonds. The van der Waals surface area contributed by atoms with Crippen LogP contribution in [0.2, 0.25) is 5.02 Å². The summed E-state index contributed by atoms with van der Waals surface area (Å²) in [4.78, 5) is 20.0. The molecule has 0 spiro atoms. The highest BCUT2D eigenvalue weighted by Gasteiger charge is 2.16. The number of hydrogen-bond acceptors (Lipinski definition) is 7. The average Bonchev–Trinajstić information content (AvgIpc) is 2.73. The number of aromatic nitrogens is 2. The van der Waals surface area contributed by atoms with Crippen molar-refractivity contribution in [2.75, 3.05) is 28.2 Å². The van der Waals surface area contributed by atoms with Gasteiger partial charge in [-0.05, 0) is 37.3 Å². The quantitative estimate of drug-likeness (QED) is 0.371. The second-order valence-corrected chi connectivity index (χ2v) is 8.89. The molecule has 33 heavy (non-hydrogen) atoms. The van der Waals surface area contributed by atoms with E-state index in [2.05, 4.69) is 30.6 Å². The van der Waals surface area contributed by atoms with Crippen molar-refractivity contribution in [3.05, 3.63) is 64.8 Å². The molecule has 0 unspecified atom stereocenters. The van der Waals surface area contributed by atoms with Crippen LogP contribution in [0.4, 0.5) is 37.6 Å². The van der Waals surface area contributed by atoms with Crippen LogP contribution >= 0.6 is 11.6 Å². The minimum atomic E-state index is -3.77. The van der Waals surface area contributed by atoms with E-state index in [1.807, 2.05) is 0 Å². The van der Waals surface area contributed by atoms with Crippen LogP contribution in [0.25, 0.3) is 0 Å². The third-order valence-electron chi connectivity index (χ3n) is 4.11. The molecule has 0 fully saturated rings. The summed E-state index contributed by atoms with van der Waals surface area (Å²) in [6.07, 6.45) is 2.11. The van der Waals surface area contributed by atoms with E-state index in [1.165, 1.54) is 30.5 Å². The van der Waals surface area contributed by atoms with E-state index in [9.17, 15) is 22.0 Å². The zero-order chi connectivity index (χ0) is 24.2. The van der Waals surface area contributed by atoms with Crippen molar-refractivity contribution in [1.29, 1.82) is 0 Å². The Morgan fingerprint density at radius 2 is 1.85 bits per heavy atom. The first kappa shape index (κ1) is 24.1. The number of para-hydroxylation sites is 1. The predicted octanol–water partition coefficient (Wildman–Crippen LogP) is 4.02. The molecule has 4 N–H and O–H groups in total. The molecule has 0 saturated heterocycles. The molecule has 3 aromatic rings. The van der Waals surface area contributed by atoms with Gasteiger partial charge in [-0.25, -0.2) is 22.2 Å². The Bertz CT molecular complexity index is 1310. The van der Waals surface area contributed by atoms with Crippen molar-refractivity contribution in [2.45, 2.75) is 6.92 Å². The number of halogens is 3. The minimum Gasteiger partial charge on any atom is -0.352 e. The maximum absolute atomic E-state index is 14.5. The van der Waals surface area contributed by atoms with Crippen LogP contribution in [-0.2, 0) is 10.0 Å². The van der Waals surface area contributed by atoms with Gasteiger partial charge in [0.05, 0.1) is 23.8 Å². The van der Waals surface area contributed by atoms with Gasteiger partial charge in [-0.15, -0.1) is 0 Å². The van der Waals surface area contributed by atoms with Crippen LogP contribution in [0, 0.1) is 11.6 Å². The third kappa shape index (κ3) is 6.26. The Balaban J connectivity index is 1.87. The van der Waals surface area contributed by atoms with Gasteiger partial charge in [0.1, 0.15) is 22.3 Å². The van der Waals surface area contributed by atoms with E-state index in [1.54, 1.807) is 6.92 Å². The molecule has 13 heteroatoms. The molecular weight excluding hydrogens is 478 g/mol. The van der Waals surface area contributed by atoms with Crippen LogP contribution in [0.5, 0.6) is 0 Å². The summed E-state index contributed by atoms with van der Waals surface area (Å²) in [6.45, 7) is 2.15. The summed E-state index contributed by atoms with van der Waals surface area (Å²) in [5.41, 5.74) is -0.126. The van der Waals surface area contributed by atoms with E-state index in [-0.39, 0.29) is 39.4 Å². The highest BCUT2D eigenvalue weighted by molar-refractivity contribution is 7.92. The largest absolute Gasteiger partial charge is 0.352 e. The van der Waals surface area contributed by atoms with Gasteiger partial charge in [0, 0.05) is 12.1 Å². The van der Waals surface area contributed by atoms with E-state index >= 15 is 0 Å². The number of carbonyl (C=O) groups excluding carboxylic acids is 1. The number of carbonyl (C=O) groups is 1. The molecule has 1 aromatic heterocycles. The maximum Gasteiger partial charge on any atom is 0.251 e.